The van der Waals surface area contributed by atoms with Crippen LogP contribution in [0.25, 0.3) is 22.3 Å². The van der Waals surface area contributed by atoms with Crippen LogP contribution in [0.1, 0.15) is 61.4 Å². The summed E-state index contributed by atoms with van der Waals surface area (Å²) in [6, 6.07) is 10.8. The Morgan fingerprint density at radius 3 is 1.56 bits per heavy atom. The maximum absolute atomic E-state index is 12.8. The molecule has 8 heterocycles. The van der Waals surface area contributed by atoms with Gasteiger partial charge >= 0.3 is 6.03 Å². The number of aromatic nitrogens is 8. The first-order valence-electron chi connectivity index (χ1n) is 26.1. The molecular formula is C53H68N16O14S2. The van der Waals surface area contributed by atoms with Crippen molar-refractivity contribution in [1.29, 1.82) is 0 Å². The summed E-state index contributed by atoms with van der Waals surface area (Å²) in [6.45, 7) is 19.2. The zero-order valence-corrected chi connectivity index (χ0v) is 48.6. The third-order valence-electron chi connectivity index (χ3n) is 13.1. The van der Waals surface area contributed by atoms with Crippen LogP contribution in [-0.2, 0) is 62.9 Å². The van der Waals surface area contributed by atoms with Crippen LogP contribution < -0.4 is 27.0 Å². The molecule has 4 aromatic heterocycles. The fraction of sp³-hybridized carbons (Fsp3) is 0.434. The van der Waals surface area contributed by atoms with Crippen LogP contribution in [0.5, 0.6) is 0 Å². The lowest BCUT2D eigenvalue weighted by Gasteiger charge is -2.24. The molecule has 0 spiro atoms. The van der Waals surface area contributed by atoms with Gasteiger partial charge in [-0.15, -0.1) is 13.2 Å². The van der Waals surface area contributed by atoms with Crippen molar-refractivity contribution in [2.45, 2.75) is 119 Å². The molecule has 4 aliphatic heterocycles. The number of imidazole rings is 2. The van der Waals surface area contributed by atoms with E-state index in [1.54, 1.807) is 29.3 Å². The maximum atomic E-state index is 12.8. The molecule has 0 bridgehead atoms. The second-order valence-corrected chi connectivity index (χ2v) is 24.0. The smallest absolute Gasteiger partial charge is 0.324 e. The number of rotatable bonds is 17. The van der Waals surface area contributed by atoms with Gasteiger partial charge in [0.05, 0.1) is 28.1 Å². The van der Waals surface area contributed by atoms with Gasteiger partial charge in [-0.25, -0.2) is 56.3 Å². The number of isocyanates is 1. The molecule has 4 aliphatic rings. The van der Waals surface area contributed by atoms with Gasteiger partial charge in [-0.05, 0) is 90.1 Å². The number of fused-ring (bicyclic) bond motifs is 4. The number of nitrogen functional groups attached to an aromatic ring is 1. The van der Waals surface area contributed by atoms with Crippen LogP contribution in [-0.4, -0.2) is 177 Å². The molecule has 456 valence electrons. The monoisotopic (exact) mass is 1220 g/mol. The molecule has 10 rings (SSSR count). The van der Waals surface area contributed by atoms with Crippen molar-refractivity contribution in [2.75, 3.05) is 56.6 Å². The molecule has 4 amide bonds. The summed E-state index contributed by atoms with van der Waals surface area (Å²) >= 11 is 0. The van der Waals surface area contributed by atoms with E-state index in [2.05, 4.69) is 69.3 Å². The van der Waals surface area contributed by atoms with Gasteiger partial charge in [0, 0.05) is 46.0 Å². The molecule has 32 heteroatoms. The number of nitrogens with one attached hydrogen (secondary N) is 4. The van der Waals surface area contributed by atoms with E-state index in [9.17, 15) is 36.0 Å². The van der Waals surface area contributed by atoms with Crippen LogP contribution >= 0.6 is 0 Å². The number of nitrogens with zero attached hydrogens (tertiary/aromatic N) is 11. The normalized spacial score (nSPS) is 22.6. The van der Waals surface area contributed by atoms with Crippen molar-refractivity contribution in [1.82, 2.24) is 58.3 Å². The van der Waals surface area contributed by atoms with Gasteiger partial charge in [-0.1, -0.05) is 19.6 Å². The van der Waals surface area contributed by atoms with Crippen LogP contribution in [0.3, 0.4) is 0 Å². The lowest BCUT2D eigenvalue weighted by Crippen LogP contribution is -2.42. The number of anilines is 3. The van der Waals surface area contributed by atoms with Crippen molar-refractivity contribution in [3.05, 3.63) is 99.2 Å². The standard InChI is InChI=1S/C26H32N8O7S.C15H20N6O4.C11H12N2O3S.CH4/c1-6-12-33(5)42(37,38)16-10-8-15(9-11-16)31-25(36)32-21-17-22(29-13-28-21)34(14-30-17)24-20-18(40-26(3,4)41-20)19(39-24)23(35)27-7-2;1-4-17-13(22)9-8-10(25-15(2,3)24-8)14(23-9)21-6-20-7-11(16)18-5-19-12(7)21;1-3-8-13(2)17(15,16)11-6-4-10(5-7-11)12-9-14;/h6,8-11,13-14,18-20,24H,1,7,12H2,2-5H3,(H,27,35)(H2,28,29,31,32,36);5-6,8-10,14H,4H2,1-3H3,(H,17,22)(H2,16,18,19);3-7H,1,8H2,2H3;1H4/t18-,19+,20-,24-;8-,9+,10-,14-;;/m11../s1. The highest BCUT2D eigenvalue weighted by molar-refractivity contribution is 7.89. The van der Waals surface area contributed by atoms with Crippen molar-refractivity contribution in [3.8, 4) is 0 Å². The first kappa shape index (κ1) is 64.5. The Morgan fingerprint density at radius 1 is 0.671 bits per heavy atom. The Balaban J connectivity index is 0.000000203. The number of amides is 4. The molecule has 0 aliphatic carbocycles. The first-order chi connectivity index (χ1) is 39.9. The number of urea groups is 1. The number of carbonyl (C=O) groups is 3. The van der Waals surface area contributed by atoms with Crippen LogP contribution in [0.4, 0.5) is 27.8 Å². The number of sulfonamides is 2. The van der Waals surface area contributed by atoms with Gasteiger partial charge in [-0.3, -0.25) is 24.0 Å². The topological polar surface area (TPSA) is 372 Å². The predicted molar refractivity (Wildman–Crippen MR) is 308 cm³/mol. The third-order valence-corrected chi connectivity index (χ3v) is 16.8. The lowest BCUT2D eigenvalue weighted by molar-refractivity contribution is -0.198. The van der Waals surface area contributed by atoms with Crippen molar-refractivity contribution in [2.24, 2.45) is 4.99 Å². The molecule has 85 heavy (non-hydrogen) atoms. The number of ether oxygens (including phenoxy) is 6. The summed E-state index contributed by atoms with van der Waals surface area (Å²) in [5, 5.41) is 10.8. The molecule has 2 aromatic carbocycles. The quantitative estimate of drug-likeness (QED) is 0.0491. The molecule has 6 N–H and O–H groups in total. The largest absolute Gasteiger partial charge is 0.382 e. The van der Waals surface area contributed by atoms with E-state index in [0.717, 1.165) is 4.31 Å². The van der Waals surface area contributed by atoms with Gasteiger partial charge in [-0.2, -0.15) is 13.6 Å². The van der Waals surface area contributed by atoms with Crippen molar-refractivity contribution in [3.63, 3.8) is 0 Å². The number of hydrogen-bond donors (Lipinski definition) is 5. The minimum Gasteiger partial charge on any atom is -0.382 e. The molecule has 30 nitrogen and oxygen atoms in total. The molecular weight excluding hydrogens is 1150 g/mol. The fourth-order valence-corrected chi connectivity index (χ4v) is 11.7. The Bertz CT molecular complexity index is 3690. The molecule has 4 fully saturated rings. The number of nitrogens with two attached hydrogens (primary N) is 1. The van der Waals surface area contributed by atoms with E-state index < -0.39 is 86.7 Å². The Hall–Kier alpha value is -8.01. The maximum Gasteiger partial charge on any atom is 0.324 e. The van der Waals surface area contributed by atoms with E-state index in [1.807, 2.05) is 27.7 Å². The first-order valence-corrected chi connectivity index (χ1v) is 28.9. The van der Waals surface area contributed by atoms with E-state index >= 15 is 0 Å². The Kier molecular flexibility index (Phi) is 20.1. The third kappa shape index (κ3) is 13.9. The predicted octanol–water partition coefficient (Wildman–Crippen LogP) is 3.89. The zero-order chi connectivity index (χ0) is 60.9. The summed E-state index contributed by atoms with van der Waals surface area (Å²) in [5.41, 5.74) is 8.18. The van der Waals surface area contributed by atoms with Gasteiger partial charge in [0.15, 0.2) is 64.7 Å². The van der Waals surface area contributed by atoms with E-state index in [1.165, 1.54) is 104 Å². The highest BCUT2D eigenvalue weighted by atomic mass is 32.2. The number of hydrogen-bond acceptors (Lipinski definition) is 22. The highest BCUT2D eigenvalue weighted by Crippen LogP contribution is 2.45. The number of likely N-dealkylation sites (N-methyl/N-ethyl adjacent to an activating group) is 4. The number of aliphatic imine (C=N–C) groups is 1. The zero-order valence-electron chi connectivity index (χ0n) is 47.0. The second-order valence-electron chi connectivity index (χ2n) is 19.9. The lowest BCUT2D eigenvalue weighted by atomic mass is 10.1. The molecule has 0 saturated carbocycles. The van der Waals surface area contributed by atoms with Gasteiger partial charge in [0.2, 0.25) is 26.1 Å². The number of carbonyl (C=O) groups excluding carboxylic acids is 4. The molecule has 6 aromatic rings. The summed E-state index contributed by atoms with van der Waals surface area (Å²) in [5.74, 6) is -1.89. The van der Waals surface area contributed by atoms with Crippen LogP contribution in [0.15, 0.2) is 114 Å². The SMILES string of the molecule is C.C=CCN(C)S(=O)(=O)c1ccc(N=C=O)cc1.C=CCN(C)S(=O)(=O)c1ccc(NC(=O)Nc2ncnc3c2ncn3[C@@H]2O[C@H](C(=O)NCC)[C@H]3OC(C)(C)O[C@H]32)cc1.CCNC(=O)[C@H]1O[C@@H](n2cnc3c(N)ncnc32)[C@@H]2OC(C)(C)O[C@@H]21. The summed E-state index contributed by atoms with van der Waals surface area (Å²) < 4.78 is 90.9. The fourth-order valence-electron chi connectivity index (χ4n) is 9.40. The Labute approximate surface area is 490 Å². The van der Waals surface area contributed by atoms with Crippen LogP contribution in [0, 0.1) is 0 Å². The summed E-state index contributed by atoms with van der Waals surface area (Å²) in [6.07, 6.45) is 4.67. The molecule has 0 unspecified atom stereocenters. The summed E-state index contributed by atoms with van der Waals surface area (Å²) in [4.78, 5) is 76.8. The summed E-state index contributed by atoms with van der Waals surface area (Å²) in [7, 11) is -4.28. The van der Waals surface area contributed by atoms with Gasteiger partial charge in [0.1, 0.15) is 42.6 Å². The molecule has 0 radical (unpaired) electrons. The number of benzene rings is 2. The minimum atomic E-state index is -3.69. The molecule has 4 saturated heterocycles. The van der Waals surface area contributed by atoms with Gasteiger partial charge in [0.25, 0.3) is 11.8 Å². The second kappa shape index (κ2) is 26.5. The molecule has 8 atom stereocenters. The minimum absolute atomic E-state index is 0. The van der Waals surface area contributed by atoms with Gasteiger partial charge < -0.3 is 50.1 Å². The van der Waals surface area contributed by atoms with Crippen molar-refractivity contribution < 1.29 is 64.4 Å². The van der Waals surface area contributed by atoms with E-state index in [4.69, 9.17) is 34.2 Å². The van der Waals surface area contributed by atoms with E-state index in [0.29, 0.717) is 41.3 Å². The highest BCUT2D eigenvalue weighted by Gasteiger charge is 2.59. The van der Waals surface area contributed by atoms with Crippen molar-refractivity contribution >= 4 is 89.3 Å². The van der Waals surface area contributed by atoms with E-state index in [-0.39, 0.29) is 59.3 Å². The average Bonchev–Trinajstić information content (AvgIpc) is 2.01. The van der Waals surface area contributed by atoms with Crippen LogP contribution in [0.2, 0.25) is 0 Å². The Morgan fingerprint density at radius 2 is 1.11 bits per heavy atom. The average molecular weight is 1220 g/mol.